The number of nitrogens with zero attached hydrogens (tertiary/aromatic N) is 4. The van der Waals surface area contributed by atoms with E-state index >= 15 is 0 Å². The molecule has 1 saturated heterocycles. The van der Waals surface area contributed by atoms with Crippen LogP contribution in [-0.2, 0) is 4.79 Å². The summed E-state index contributed by atoms with van der Waals surface area (Å²) in [6.45, 7) is 5.55. The summed E-state index contributed by atoms with van der Waals surface area (Å²) >= 11 is 0. The molecule has 0 aliphatic carbocycles. The van der Waals surface area contributed by atoms with Crippen LogP contribution < -0.4 is 9.80 Å². The summed E-state index contributed by atoms with van der Waals surface area (Å²) in [4.78, 5) is 20.8. The number of rotatable bonds is 3. The average molecular weight is 348 g/mol. The number of hydrogen-bond donors (Lipinski definition) is 0. The lowest BCUT2D eigenvalue weighted by Crippen LogP contribution is -2.50. The zero-order chi connectivity index (χ0) is 18.1. The molecule has 0 atom stereocenters. The van der Waals surface area contributed by atoms with Gasteiger partial charge in [-0.15, -0.1) is 0 Å². The third kappa shape index (κ3) is 3.18. The van der Waals surface area contributed by atoms with Gasteiger partial charge in [0.05, 0.1) is 0 Å². The maximum Gasteiger partial charge on any atom is 0.324 e. The molecule has 6 nitrogen and oxygen atoms in total. The first-order valence-corrected chi connectivity index (χ1v) is 8.63. The van der Waals surface area contributed by atoms with Gasteiger partial charge in [0.1, 0.15) is 6.54 Å². The van der Waals surface area contributed by atoms with E-state index in [1.54, 1.807) is 0 Å². The van der Waals surface area contributed by atoms with Crippen molar-refractivity contribution in [3.8, 4) is 11.4 Å². The molecule has 0 spiro atoms. The first-order chi connectivity index (χ1) is 12.6. The van der Waals surface area contributed by atoms with E-state index < -0.39 is 0 Å². The van der Waals surface area contributed by atoms with Gasteiger partial charge in [0.2, 0.25) is 11.7 Å². The van der Waals surface area contributed by atoms with Crippen LogP contribution in [0.1, 0.15) is 11.1 Å². The minimum atomic E-state index is 0.0284. The SMILES string of the molecule is Cc1cc(C)cc(N2CCN(c3nc(-c4ccccc4)no3)CC2=O)c1. The molecular weight excluding hydrogens is 328 g/mol. The molecule has 1 fully saturated rings. The lowest BCUT2D eigenvalue weighted by Gasteiger charge is -2.33. The van der Waals surface area contributed by atoms with Crippen molar-refractivity contribution in [2.75, 3.05) is 29.4 Å². The molecule has 2 aromatic carbocycles. The van der Waals surface area contributed by atoms with Crippen LogP contribution in [0.4, 0.5) is 11.7 Å². The first-order valence-electron chi connectivity index (χ1n) is 8.63. The van der Waals surface area contributed by atoms with Gasteiger partial charge in [-0.25, -0.2) is 0 Å². The van der Waals surface area contributed by atoms with Crippen molar-refractivity contribution < 1.29 is 9.32 Å². The average Bonchev–Trinajstić information content (AvgIpc) is 3.11. The molecule has 0 unspecified atom stereocenters. The zero-order valence-corrected chi connectivity index (χ0v) is 14.8. The quantitative estimate of drug-likeness (QED) is 0.727. The molecule has 6 heteroatoms. The number of carbonyl (C=O) groups is 1. The van der Waals surface area contributed by atoms with Crippen LogP contribution in [0.5, 0.6) is 0 Å². The fourth-order valence-corrected chi connectivity index (χ4v) is 3.26. The standard InChI is InChI=1S/C20H20N4O2/c1-14-10-15(2)12-17(11-14)24-9-8-23(13-18(24)25)20-21-19(22-26-20)16-6-4-3-5-7-16/h3-7,10-12H,8-9,13H2,1-2H3. The number of aryl methyl sites for hydroxylation is 2. The van der Waals surface area contributed by atoms with E-state index in [0.29, 0.717) is 24.9 Å². The Kier molecular flexibility index (Phi) is 4.16. The molecule has 1 amide bonds. The molecule has 0 radical (unpaired) electrons. The lowest BCUT2D eigenvalue weighted by molar-refractivity contribution is -0.118. The van der Waals surface area contributed by atoms with E-state index in [9.17, 15) is 4.79 Å². The molecule has 1 aromatic heterocycles. The van der Waals surface area contributed by atoms with Crippen LogP contribution in [0.2, 0.25) is 0 Å². The first kappa shape index (κ1) is 16.3. The Morgan fingerprint density at radius 2 is 1.73 bits per heavy atom. The van der Waals surface area contributed by atoms with Gasteiger partial charge in [-0.05, 0) is 37.1 Å². The minimum absolute atomic E-state index is 0.0284. The van der Waals surface area contributed by atoms with Crippen LogP contribution >= 0.6 is 0 Å². The largest absolute Gasteiger partial charge is 0.324 e. The van der Waals surface area contributed by atoms with Crippen LogP contribution in [0, 0.1) is 13.8 Å². The molecular formula is C20H20N4O2. The third-order valence-corrected chi connectivity index (χ3v) is 4.46. The highest BCUT2D eigenvalue weighted by Gasteiger charge is 2.28. The summed E-state index contributed by atoms with van der Waals surface area (Å²) in [7, 11) is 0. The van der Waals surface area contributed by atoms with E-state index in [0.717, 1.165) is 22.4 Å². The Morgan fingerprint density at radius 1 is 1.00 bits per heavy atom. The molecule has 3 aromatic rings. The highest BCUT2D eigenvalue weighted by Crippen LogP contribution is 2.24. The van der Waals surface area contributed by atoms with Crippen molar-refractivity contribution in [1.82, 2.24) is 10.1 Å². The fourth-order valence-electron chi connectivity index (χ4n) is 3.26. The van der Waals surface area contributed by atoms with Gasteiger partial charge >= 0.3 is 6.01 Å². The smallest absolute Gasteiger partial charge is 0.315 e. The second kappa shape index (κ2) is 6.63. The number of carbonyl (C=O) groups excluding carboxylic acids is 1. The number of piperazine rings is 1. The maximum absolute atomic E-state index is 12.7. The highest BCUT2D eigenvalue weighted by atomic mass is 16.5. The van der Waals surface area contributed by atoms with Crippen LogP contribution in [0.3, 0.4) is 0 Å². The van der Waals surface area contributed by atoms with Gasteiger partial charge in [-0.1, -0.05) is 41.6 Å². The van der Waals surface area contributed by atoms with E-state index in [1.807, 2.05) is 66.1 Å². The molecule has 26 heavy (non-hydrogen) atoms. The van der Waals surface area contributed by atoms with Gasteiger partial charge < -0.3 is 14.3 Å². The Morgan fingerprint density at radius 3 is 2.42 bits per heavy atom. The van der Waals surface area contributed by atoms with Crippen molar-refractivity contribution in [3.05, 3.63) is 59.7 Å². The van der Waals surface area contributed by atoms with Crippen molar-refractivity contribution in [2.45, 2.75) is 13.8 Å². The number of anilines is 2. The van der Waals surface area contributed by atoms with Gasteiger partial charge in [-0.3, -0.25) is 4.79 Å². The Labute approximate surface area is 152 Å². The predicted molar refractivity (Wildman–Crippen MR) is 100 cm³/mol. The molecule has 2 heterocycles. The molecule has 1 aliphatic rings. The zero-order valence-electron chi connectivity index (χ0n) is 14.8. The van der Waals surface area contributed by atoms with E-state index in [2.05, 4.69) is 16.2 Å². The highest BCUT2D eigenvalue weighted by molar-refractivity contribution is 5.97. The van der Waals surface area contributed by atoms with Crippen LogP contribution in [-0.4, -0.2) is 35.7 Å². The second-order valence-corrected chi connectivity index (χ2v) is 6.58. The van der Waals surface area contributed by atoms with E-state index in [-0.39, 0.29) is 12.5 Å². The Balaban J connectivity index is 1.51. The molecule has 4 rings (SSSR count). The van der Waals surface area contributed by atoms with Gasteiger partial charge in [-0.2, -0.15) is 4.98 Å². The third-order valence-electron chi connectivity index (χ3n) is 4.46. The van der Waals surface area contributed by atoms with Crippen LogP contribution in [0.15, 0.2) is 53.1 Å². The second-order valence-electron chi connectivity index (χ2n) is 6.58. The summed E-state index contributed by atoms with van der Waals surface area (Å²) in [5, 5.41) is 4.03. The topological polar surface area (TPSA) is 62.5 Å². The Bertz CT molecular complexity index is 916. The molecule has 1 aliphatic heterocycles. The van der Waals surface area contributed by atoms with Gasteiger partial charge in [0.25, 0.3) is 0 Å². The number of amides is 1. The van der Waals surface area contributed by atoms with Gasteiger partial charge in [0, 0.05) is 24.3 Å². The van der Waals surface area contributed by atoms with E-state index in [4.69, 9.17) is 4.52 Å². The Hall–Kier alpha value is -3.15. The lowest BCUT2D eigenvalue weighted by atomic mass is 10.1. The number of aromatic nitrogens is 2. The van der Waals surface area contributed by atoms with Crippen molar-refractivity contribution in [2.24, 2.45) is 0 Å². The predicted octanol–water partition coefficient (Wildman–Crippen LogP) is 3.21. The van der Waals surface area contributed by atoms with Crippen molar-refractivity contribution in [3.63, 3.8) is 0 Å². The van der Waals surface area contributed by atoms with Crippen LogP contribution in [0.25, 0.3) is 11.4 Å². The molecule has 0 saturated carbocycles. The van der Waals surface area contributed by atoms with Crippen molar-refractivity contribution in [1.29, 1.82) is 0 Å². The molecule has 132 valence electrons. The summed E-state index contributed by atoms with van der Waals surface area (Å²) < 4.78 is 5.38. The summed E-state index contributed by atoms with van der Waals surface area (Å²) in [6, 6.07) is 16.2. The summed E-state index contributed by atoms with van der Waals surface area (Å²) in [6.07, 6.45) is 0. The fraction of sp³-hybridized carbons (Fsp3) is 0.250. The number of hydrogen-bond acceptors (Lipinski definition) is 5. The summed E-state index contributed by atoms with van der Waals surface area (Å²) in [5.74, 6) is 0.561. The van der Waals surface area contributed by atoms with E-state index in [1.165, 1.54) is 0 Å². The number of benzene rings is 2. The monoisotopic (exact) mass is 348 g/mol. The normalized spacial score (nSPS) is 14.8. The maximum atomic E-state index is 12.7. The van der Waals surface area contributed by atoms with Gasteiger partial charge in [0.15, 0.2) is 0 Å². The van der Waals surface area contributed by atoms with Crippen molar-refractivity contribution >= 4 is 17.6 Å². The molecule has 0 N–H and O–H groups in total. The minimum Gasteiger partial charge on any atom is -0.315 e. The molecule has 0 bridgehead atoms. The summed E-state index contributed by atoms with van der Waals surface area (Å²) in [5.41, 5.74) is 4.14.